The first-order chi connectivity index (χ1) is 63.9. The van der Waals surface area contributed by atoms with Crippen LogP contribution in [0.25, 0.3) is 0 Å². The lowest BCUT2D eigenvalue weighted by Gasteiger charge is -2.42. The van der Waals surface area contributed by atoms with Gasteiger partial charge in [-0.15, -0.1) is 0 Å². The smallest absolute Gasteiger partial charge is 0.232 e. The second-order valence-corrected chi connectivity index (χ2v) is 40.9. The van der Waals surface area contributed by atoms with Crippen LogP contribution in [0.3, 0.4) is 0 Å². The highest BCUT2D eigenvalue weighted by Gasteiger charge is 2.42. The molecule has 0 bridgehead atoms. The van der Waals surface area contributed by atoms with Crippen LogP contribution in [0.5, 0.6) is 0 Å². The summed E-state index contributed by atoms with van der Waals surface area (Å²) in [5, 5.41) is 3.08. The van der Waals surface area contributed by atoms with Crippen molar-refractivity contribution >= 4 is 102 Å². The molecule has 26 heteroatoms. The van der Waals surface area contributed by atoms with E-state index in [1.54, 1.807) is 31.0 Å². The fraction of sp³-hybridized carbons (Fsp3) is 0.406. The summed E-state index contributed by atoms with van der Waals surface area (Å²) in [6.45, 7) is 22.9. The number of benzene rings is 4. The molecule has 5 aliphatic heterocycles. The molecule has 4 aromatic carbocycles. The fourth-order valence-corrected chi connectivity index (χ4v) is 22.6. The molecule has 4 unspecified atom stereocenters. The topological polar surface area (TPSA) is 179 Å². The molecule has 5 saturated heterocycles. The van der Waals surface area contributed by atoms with Crippen LogP contribution in [0.1, 0.15) is 175 Å². The SMILES string of the molecule is CN1CCC(CC(=O)N2CCN(C3c4ccc(Cl)cc4CCc4c(Cl)ccnc43)CC2)CC1.C[n+]1ccc(CC(=O)N2CCN(C3c4ccc(Cl)cc4CCc4c(Cl)ccnc43)CC2)cc1.Cc1ccc2c(c1)CCc1cc(Br)cnc1C2N1CCN(C(=O)C(C)(C)c2cccnc2)CC1.Cc1ccc2c(c1)CCc1cc(Br)cnc1C2N1CCN(C(=O)Cc2cccnc2)CC1. The minimum absolute atomic E-state index is 0.0137. The predicted molar refractivity (Wildman–Crippen MR) is 529 cm³/mol. The van der Waals surface area contributed by atoms with Gasteiger partial charge in [0, 0.05) is 202 Å². The number of aryl methyl sites for hydroxylation is 9. The number of halogens is 6. The monoisotopic (exact) mass is 1980 g/mol. The predicted octanol–water partition coefficient (Wildman–Crippen LogP) is 17.2. The summed E-state index contributed by atoms with van der Waals surface area (Å²) in [7, 11) is 4.14. The number of piperazine rings is 4. The fourth-order valence-electron chi connectivity index (χ4n) is 21.0. The van der Waals surface area contributed by atoms with Crippen molar-refractivity contribution in [3.05, 3.63) is 342 Å². The van der Waals surface area contributed by atoms with E-state index in [1.165, 1.54) is 66.8 Å². The number of fused-ring (bicyclic) bond motifs is 8. The normalized spacial score (nSPS) is 19.5. The van der Waals surface area contributed by atoms with Crippen molar-refractivity contribution in [3.8, 4) is 0 Å². The first-order valence-electron chi connectivity index (χ1n) is 46.7. The van der Waals surface area contributed by atoms with Crippen LogP contribution in [-0.4, -0.2) is 222 Å². The zero-order valence-electron chi connectivity index (χ0n) is 76.3. The van der Waals surface area contributed by atoms with Crippen LogP contribution in [0.2, 0.25) is 20.1 Å². The molecule has 20 nitrogen and oxygen atoms in total. The number of rotatable bonds is 12. The highest BCUT2D eigenvalue weighted by atomic mass is 79.9. The number of piperidine rings is 1. The Morgan fingerprint density at radius 2 is 0.795 bits per heavy atom. The molecular weight excluding hydrogens is 1860 g/mol. The summed E-state index contributed by atoms with van der Waals surface area (Å²) in [5.74, 6) is 1.37. The molecule has 5 fully saturated rings. The zero-order chi connectivity index (χ0) is 91.8. The van der Waals surface area contributed by atoms with Crippen LogP contribution in [-0.2, 0) is 95.8 Å². The maximum atomic E-state index is 13.5. The van der Waals surface area contributed by atoms with Gasteiger partial charge in [0.1, 0.15) is 7.05 Å². The van der Waals surface area contributed by atoms with Crippen LogP contribution in [0, 0.1) is 19.8 Å². The number of pyridine rings is 7. The summed E-state index contributed by atoms with van der Waals surface area (Å²) >= 11 is 33.1. The molecule has 4 atom stereocenters. The van der Waals surface area contributed by atoms with Crippen molar-refractivity contribution in [2.75, 3.05) is 125 Å². The minimum atomic E-state index is -0.594. The highest BCUT2D eigenvalue weighted by Crippen LogP contribution is 2.45. The number of carbonyl (C=O) groups excluding carboxylic acids is 4. The van der Waals surface area contributed by atoms with E-state index in [1.807, 2.05) is 132 Å². The quantitative estimate of drug-likeness (QED) is 0.105. The van der Waals surface area contributed by atoms with Crippen molar-refractivity contribution in [2.45, 2.75) is 141 Å². The first-order valence-corrected chi connectivity index (χ1v) is 49.8. The average molecular weight is 1980 g/mol. The molecular formula is C106H117Br2Cl4N16O4+. The van der Waals surface area contributed by atoms with E-state index < -0.39 is 5.41 Å². The zero-order valence-corrected chi connectivity index (χ0v) is 82.5. The second-order valence-electron chi connectivity index (χ2n) is 37.4. The Bertz CT molecular complexity index is 5850. The third kappa shape index (κ3) is 22.0. The van der Waals surface area contributed by atoms with Crippen LogP contribution >= 0.6 is 78.3 Å². The van der Waals surface area contributed by atoms with Gasteiger partial charge in [0.2, 0.25) is 23.6 Å². The number of hydrogen-bond acceptors (Lipinski definition) is 15. The van der Waals surface area contributed by atoms with Crippen molar-refractivity contribution in [3.63, 3.8) is 0 Å². The van der Waals surface area contributed by atoms with Gasteiger partial charge in [-0.25, -0.2) is 4.57 Å². The van der Waals surface area contributed by atoms with Crippen LogP contribution in [0.15, 0.2) is 204 Å². The molecule has 0 N–H and O–H groups in total. The summed E-state index contributed by atoms with van der Waals surface area (Å²) < 4.78 is 4.03. The molecule has 0 saturated carbocycles. The molecule has 9 aliphatic rings. The molecule has 12 heterocycles. The Morgan fingerprint density at radius 3 is 1.23 bits per heavy atom. The number of carbonyl (C=O) groups is 4. The van der Waals surface area contributed by atoms with Gasteiger partial charge in [-0.1, -0.05) is 118 Å². The molecule has 132 heavy (non-hydrogen) atoms. The number of amides is 4. The summed E-state index contributed by atoms with van der Waals surface area (Å²) in [6, 6.07) is 46.3. The van der Waals surface area contributed by atoms with Crippen molar-refractivity contribution in [1.29, 1.82) is 0 Å². The molecule has 20 rings (SSSR count). The van der Waals surface area contributed by atoms with Crippen molar-refractivity contribution in [1.82, 2.24) is 74.0 Å². The van der Waals surface area contributed by atoms with Gasteiger partial charge in [0.05, 0.1) is 65.2 Å². The summed E-state index contributed by atoms with van der Waals surface area (Å²) in [5.41, 5.74) is 24.8. The molecule has 4 aliphatic carbocycles. The van der Waals surface area contributed by atoms with Crippen molar-refractivity contribution < 1.29 is 23.7 Å². The lowest BCUT2D eigenvalue weighted by molar-refractivity contribution is -0.671. The maximum Gasteiger partial charge on any atom is 0.232 e. The Hall–Kier alpha value is -9.27. The van der Waals surface area contributed by atoms with Gasteiger partial charge in [-0.05, 0) is 294 Å². The maximum absolute atomic E-state index is 13.5. The average Bonchev–Trinajstić information content (AvgIpc) is 1.56. The van der Waals surface area contributed by atoms with E-state index in [9.17, 15) is 19.2 Å². The van der Waals surface area contributed by atoms with Gasteiger partial charge in [0.15, 0.2) is 12.4 Å². The third-order valence-electron chi connectivity index (χ3n) is 28.4. The molecule has 0 radical (unpaired) electrons. The van der Waals surface area contributed by atoms with Gasteiger partial charge in [-0.3, -0.25) is 68.7 Å². The Balaban J connectivity index is 0.000000123. The van der Waals surface area contributed by atoms with E-state index in [2.05, 4.69) is 165 Å². The van der Waals surface area contributed by atoms with E-state index in [0.717, 1.165) is 235 Å². The number of likely N-dealkylation sites (tertiary alicyclic amines) is 1. The van der Waals surface area contributed by atoms with Crippen LogP contribution < -0.4 is 4.57 Å². The van der Waals surface area contributed by atoms with E-state index in [0.29, 0.717) is 57.3 Å². The Labute approximate surface area is 813 Å². The number of nitrogens with zero attached hydrogens (tertiary/aromatic N) is 16. The van der Waals surface area contributed by atoms with E-state index >= 15 is 0 Å². The standard InChI is InChI=1S/C28H31BrN4O.C26H27BrN4O.C26H32Cl2N4O.C26H27Cl2N4O/c1-19-6-9-24-20(15-19)7-8-21-16-23(29)18-31-25(21)26(24)32-11-13-33(14-12-32)27(34)28(2,3)22-5-4-10-30-17-22;1-18-4-7-23-20(13-18)5-6-21-15-22(27)17-29-25(21)26(23)31-11-9-30(10-12-31)24(32)14-19-3-2-8-28-16-19;2*1-30-10-7-18(8-11-30)16-24(33)31-12-14-32(15-13-31)26-21-5-3-20(27)17-19(21)2-4-22-23(28)6-9-29-25(22)26/h4-6,9-10,15-18,26H,7-8,11-14H2,1-3H3;2-4,7-8,13,15-17,26H,5-6,9-12,14H2,1H3;3,5-6,9,17-18,26H,2,4,7-8,10-16H2,1H3;3,5-11,17,26H,2,4,12-16H2,1H3/q;;;+1. The lowest BCUT2D eigenvalue weighted by atomic mass is 9.84. The number of hydrogen-bond donors (Lipinski definition) is 0. The number of aromatic nitrogens is 7. The summed E-state index contributed by atoms with van der Waals surface area (Å²) in [4.78, 5) is 100. The molecule has 4 amide bonds. The molecule has 0 spiro atoms. The van der Waals surface area contributed by atoms with Gasteiger partial charge >= 0.3 is 0 Å². The Morgan fingerprint density at radius 1 is 0.402 bits per heavy atom. The molecule has 686 valence electrons. The second kappa shape index (κ2) is 42.7. The lowest BCUT2D eigenvalue weighted by Crippen LogP contribution is -2.54. The van der Waals surface area contributed by atoms with Crippen LogP contribution in [0.4, 0.5) is 0 Å². The largest absolute Gasteiger partial charge is 0.340 e. The molecule has 11 aromatic rings. The minimum Gasteiger partial charge on any atom is -0.340 e. The highest BCUT2D eigenvalue weighted by molar-refractivity contribution is 9.10. The van der Waals surface area contributed by atoms with E-state index in [4.69, 9.17) is 66.3 Å². The molecule has 7 aromatic heterocycles. The van der Waals surface area contributed by atoms with E-state index in [-0.39, 0.29) is 41.9 Å². The van der Waals surface area contributed by atoms with Gasteiger partial charge < -0.3 is 24.5 Å². The Kier molecular flexibility index (Phi) is 30.6. The third-order valence-corrected chi connectivity index (χ3v) is 30.4. The van der Waals surface area contributed by atoms with Crippen molar-refractivity contribution in [2.24, 2.45) is 13.0 Å². The first kappa shape index (κ1) is 94.5. The summed E-state index contributed by atoms with van der Waals surface area (Å²) in [6.07, 6.45) is 29.8. The van der Waals surface area contributed by atoms with Gasteiger partial charge in [0.25, 0.3) is 0 Å². The van der Waals surface area contributed by atoms with Gasteiger partial charge in [-0.2, -0.15) is 0 Å².